The molecule has 0 unspecified atom stereocenters. The van der Waals surface area contributed by atoms with Crippen LogP contribution in [0.15, 0.2) is 30.3 Å². The number of rotatable bonds is 4. The van der Waals surface area contributed by atoms with E-state index in [1.165, 1.54) is 0 Å². The van der Waals surface area contributed by atoms with Gasteiger partial charge < -0.3 is 14.5 Å². The Morgan fingerprint density at radius 2 is 1.93 bits per heavy atom. The first-order chi connectivity index (χ1) is 13.0. The van der Waals surface area contributed by atoms with E-state index in [4.69, 9.17) is 4.74 Å². The van der Waals surface area contributed by atoms with E-state index in [0.29, 0.717) is 18.6 Å². The monoisotopic (exact) mass is 388 g/mol. The number of esters is 1. The van der Waals surface area contributed by atoms with Crippen LogP contribution < -0.4 is 0 Å². The Kier molecular flexibility index (Phi) is 4.88. The van der Waals surface area contributed by atoms with Gasteiger partial charge in [0.2, 0.25) is 5.91 Å². The number of carbonyl (C=O) groups is 3. The Hall–Kier alpha value is -2.02. The minimum atomic E-state index is -0.815. The Bertz CT molecular complexity index is 750. The zero-order valence-electron chi connectivity index (χ0n) is 15.4. The number of fused-ring (bicyclic) bond motifs is 1. The molecule has 7 heteroatoms. The summed E-state index contributed by atoms with van der Waals surface area (Å²) < 4.78 is 5.51. The van der Waals surface area contributed by atoms with E-state index in [-0.39, 0.29) is 11.8 Å². The summed E-state index contributed by atoms with van der Waals surface area (Å²) in [5.74, 6) is -0.155. The molecule has 0 aromatic heterocycles. The second kappa shape index (κ2) is 7.19. The predicted octanol–water partition coefficient (Wildman–Crippen LogP) is 2.13. The van der Waals surface area contributed by atoms with Gasteiger partial charge in [-0.1, -0.05) is 30.3 Å². The molecule has 2 amide bonds. The van der Waals surface area contributed by atoms with Gasteiger partial charge in [0.15, 0.2) is 6.10 Å². The molecule has 6 nitrogen and oxygen atoms in total. The molecule has 3 heterocycles. The largest absolute Gasteiger partial charge is 0.451 e. The summed E-state index contributed by atoms with van der Waals surface area (Å²) in [5.41, 5.74) is 1.04. The fraction of sp³-hybridized carbons (Fsp3) is 0.550. The average molecular weight is 388 g/mol. The molecule has 0 bridgehead atoms. The highest BCUT2D eigenvalue weighted by atomic mass is 32.2. The van der Waals surface area contributed by atoms with Crippen LogP contribution in [-0.2, 0) is 24.0 Å². The third-order valence-electron chi connectivity index (χ3n) is 5.68. The van der Waals surface area contributed by atoms with Crippen LogP contribution in [0, 0.1) is 0 Å². The van der Waals surface area contributed by atoms with Gasteiger partial charge in [-0.3, -0.25) is 9.59 Å². The molecule has 0 spiro atoms. The molecular formula is C20H24N2O4S. The maximum absolute atomic E-state index is 12.8. The number of thioether (sulfide) groups is 1. The van der Waals surface area contributed by atoms with Crippen molar-refractivity contribution in [2.45, 2.75) is 49.6 Å². The van der Waals surface area contributed by atoms with Gasteiger partial charge >= 0.3 is 5.97 Å². The number of likely N-dealkylation sites (tertiary alicyclic amines) is 1. The molecule has 3 atom stereocenters. The molecule has 0 N–H and O–H groups in total. The first-order valence-corrected chi connectivity index (χ1v) is 10.5. The van der Waals surface area contributed by atoms with Gasteiger partial charge in [-0.15, -0.1) is 11.8 Å². The van der Waals surface area contributed by atoms with Gasteiger partial charge in [0, 0.05) is 25.3 Å². The Balaban J connectivity index is 1.50. The highest BCUT2D eigenvalue weighted by molar-refractivity contribution is 8.00. The molecule has 0 saturated carbocycles. The minimum Gasteiger partial charge on any atom is -0.451 e. The van der Waals surface area contributed by atoms with Crippen molar-refractivity contribution in [2.24, 2.45) is 0 Å². The third kappa shape index (κ3) is 3.12. The van der Waals surface area contributed by atoms with E-state index >= 15 is 0 Å². The maximum Gasteiger partial charge on any atom is 0.330 e. The summed E-state index contributed by atoms with van der Waals surface area (Å²) in [6.45, 7) is 3.07. The second-order valence-electron chi connectivity index (χ2n) is 7.35. The van der Waals surface area contributed by atoms with Crippen LogP contribution in [0.5, 0.6) is 0 Å². The molecule has 3 aliphatic rings. The van der Waals surface area contributed by atoms with E-state index in [0.717, 1.165) is 31.5 Å². The van der Waals surface area contributed by atoms with Crippen LogP contribution >= 0.6 is 11.8 Å². The number of hydrogen-bond acceptors (Lipinski definition) is 5. The lowest BCUT2D eigenvalue weighted by atomic mass is 10.0. The van der Waals surface area contributed by atoms with Crippen molar-refractivity contribution >= 4 is 29.5 Å². The van der Waals surface area contributed by atoms with Gasteiger partial charge in [-0.05, 0) is 31.7 Å². The Morgan fingerprint density at radius 3 is 2.63 bits per heavy atom. The Labute approximate surface area is 163 Å². The minimum absolute atomic E-state index is 0.0238. The van der Waals surface area contributed by atoms with Crippen molar-refractivity contribution in [1.29, 1.82) is 0 Å². The molecule has 4 rings (SSSR count). The summed E-state index contributed by atoms with van der Waals surface area (Å²) in [6.07, 6.45) is 2.28. The SMILES string of the molecule is C[C@@H](OC(=O)[C@H]1CS[C@@]2(c3ccccc3)CCC(=O)N12)C(=O)N1CCCC1. The number of benzene rings is 1. The standard InChI is InChI=1S/C20H24N2O4S/c1-14(18(24)21-11-5-6-12-21)26-19(25)16-13-27-20(10-9-17(23)22(16)20)15-7-3-2-4-8-15/h2-4,7-8,14,16H,5-6,9-13H2,1H3/t14-,16-,20-/m1/s1. The highest BCUT2D eigenvalue weighted by Gasteiger charge is 2.57. The van der Waals surface area contributed by atoms with Crippen molar-refractivity contribution in [3.05, 3.63) is 35.9 Å². The summed E-state index contributed by atoms with van der Waals surface area (Å²) in [6, 6.07) is 9.22. The zero-order chi connectivity index (χ0) is 19.0. The molecule has 3 aliphatic heterocycles. The number of amides is 2. The lowest BCUT2D eigenvalue weighted by Crippen LogP contribution is -2.48. The number of carbonyl (C=O) groups excluding carboxylic acids is 3. The number of ether oxygens (including phenoxy) is 1. The highest BCUT2D eigenvalue weighted by Crippen LogP contribution is 2.54. The molecule has 3 saturated heterocycles. The maximum atomic E-state index is 12.8. The predicted molar refractivity (Wildman–Crippen MR) is 102 cm³/mol. The number of hydrogen-bond donors (Lipinski definition) is 0. The van der Waals surface area contributed by atoms with Crippen molar-refractivity contribution in [2.75, 3.05) is 18.8 Å². The first-order valence-electron chi connectivity index (χ1n) is 9.54. The van der Waals surface area contributed by atoms with E-state index < -0.39 is 23.0 Å². The van der Waals surface area contributed by atoms with Crippen LogP contribution in [0.3, 0.4) is 0 Å². The van der Waals surface area contributed by atoms with Crippen LogP contribution in [0.4, 0.5) is 0 Å². The van der Waals surface area contributed by atoms with Gasteiger partial charge in [0.05, 0.1) is 0 Å². The molecule has 0 radical (unpaired) electrons. The summed E-state index contributed by atoms with van der Waals surface area (Å²) in [4.78, 5) is 40.8. The van der Waals surface area contributed by atoms with Gasteiger partial charge in [0.25, 0.3) is 5.91 Å². The van der Waals surface area contributed by atoms with E-state index in [2.05, 4.69) is 0 Å². The lowest BCUT2D eigenvalue weighted by Gasteiger charge is -2.34. The van der Waals surface area contributed by atoms with Crippen molar-refractivity contribution in [3.63, 3.8) is 0 Å². The average Bonchev–Trinajstić information content (AvgIpc) is 3.40. The summed E-state index contributed by atoms with van der Waals surface area (Å²) in [5, 5.41) is 0. The molecule has 0 aliphatic carbocycles. The zero-order valence-corrected chi connectivity index (χ0v) is 16.2. The normalized spacial score (nSPS) is 28.3. The smallest absolute Gasteiger partial charge is 0.330 e. The van der Waals surface area contributed by atoms with Crippen LogP contribution in [0.1, 0.15) is 38.2 Å². The van der Waals surface area contributed by atoms with Crippen molar-refractivity contribution in [1.82, 2.24) is 9.80 Å². The summed E-state index contributed by atoms with van der Waals surface area (Å²) in [7, 11) is 0. The fourth-order valence-corrected chi connectivity index (χ4v) is 5.95. The van der Waals surface area contributed by atoms with E-state index in [1.807, 2.05) is 30.3 Å². The van der Waals surface area contributed by atoms with Gasteiger partial charge in [-0.25, -0.2) is 4.79 Å². The third-order valence-corrected chi connectivity index (χ3v) is 7.28. The van der Waals surface area contributed by atoms with Crippen LogP contribution in [0.25, 0.3) is 0 Å². The van der Waals surface area contributed by atoms with Crippen molar-refractivity contribution < 1.29 is 19.1 Å². The number of nitrogens with zero attached hydrogens (tertiary/aromatic N) is 2. The lowest BCUT2D eigenvalue weighted by molar-refractivity contribution is -0.164. The quantitative estimate of drug-likeness (QED) is 0.740. The van der Waals surface area contributed by atoms with Gasteiger partial charge in [-0.2, -0.15) is 0 Å². The first kappa shape index (κ1) is 18.3. The van der Waals surface area contributed by atoms with E-state index in [1.54, 1.807) is 28.5 Å². The topological polar surface area (TPSA) is 66.9 Å². The van der Waals surface area contributed by atoms with Crippen molar-refractivity contribution in [3.8, 4) is 0 Å². The van der Waals surface area contributed by atoms with Gasteiger partial charge in [0.1, 0.15) is 10.9 Å². The Morgan fingerprint density at radius 1 is 1.22 bits per heavy atom. The molecule has 3 fully saturated rings. The fourth-order valence-electron chi connectivity index (χ4n) is 4.31. The van der Waals surface area contributed by atoms with E-state index in [9.17, 15) is 14.4 Å². The second-order valence-corrected chi connectivity index (χ2v) is 8.65. The summed E-state index contributed by atoms with van der Waals surface area (Å²) >= 11 is 1.62. The molecular weight excluding hydrogens is 364 g/mol. The van der Waals surface area contributed by atoms with Crippen LogP contribution in [-0.4, -0.2) is 58.6 Å². The molecule has 27 heavy (non-hydrogen) atoms. The van der Waals surface area contributed by atoms with Crippen LogP contribution in [0.2, 0.25) is 0 Å². The molecule has 1 aromatic carbocycles. The molecule has 144 valence electrons. The molecule has 1 aromatic rings.